The fraction of sp³-hybridized carbons (Fsp3) is 0.125. The topological polar surface area (TPSA) is 47.3 Å². The largest absolute Gasteiger partial charge is 0.496 e. The third-order valence-corrected chi connectivity index (χ3v) is 2.14. The molecule has 0 aliphatic heterocycles. The normalized spacial score (nSPS) is 9.38. The number of hydrogen-bond acceptors (Lipinski definition) is 2. The third-order valence-electron chi connectivity index (χ3n) is 1.42. The highest BCUT2D eigenvalue weighted by molar-refractivity contribution is 9.10. The van der Waals surface area contributed by atoms with E-state index in [1.54, 1.807) is 7.11 Å². The summed E-state index contributed by atoms with van der Waals surface area (Å²) in [7, 11) is 1.61. The van der Waals surface area contributed by atoms with Crippen LogP contribution in [0.2, 0.25) is 0 Å². The molecule has 0 aliphatic rings. The minimum atomic E-state index is 0.247. The van der Waals surface area contributed by atoms with E-state index in [-0.39, 0.29) is 5.11 Å². The zero-order valence-corrected chi connectivity index (χ0v) is 9.41. The molecule has 1 aromatic rings. The zero-order chi connectivity index (χ0) is 9.84. The summed E-state index contributed by atoms with van der Waals surface area (Å²) in [6.07, 6.45) is 0. The lowest BCUT2D eigenvalue weighted by Crippen LogP contribution is -2.18. The Bertz CT molecular complexity index is 330. The fourth-order valence-electron chi connectivity index (χ4n) is 0.886. The molecule has 0 fully saturated rings. The molecular weight excluding hydrogens is 252 g/mol. The summed E-state index contributed by atoms with van der Waals surface area (Å²) in [6.45, 7) is 0. The number of methoxy groups -OCH3 is 1. The van der Waals surface area contributed by atoms with Crippen LogP contribution in [0, 0.1) is 0 Å². The van der Waals surface area contributed by atoms with Crippen molar-refractivity contribution in [2.45, 2.75) is 0 Å². The number of anilines is 1. The monoisotopic (exact) mass is 260 g/mol. The van der Waals surface area contributed by atoms with Gasteiger partial charge in [-0.05, 0) is 46.3 Å². The van der Waals surface area contributed by atoms with Gasteiger partial charge in [-0.25, -0.2) is 0 Å². The molecule has 0 amide bonds. The molecule has 0 atom stereocenters. The summed E-state index contributed by atoms with van der Waals surface area (Å²) >= 11 is 8.05. The first kappa shape index (κ1) is 10.3. The second kappa shape index (κ2) is 4.43. The van der Waals surface area contributed by atoms with Gasteiger partial charge < -0.3 is 15.8 Å². The van der Waals surface area contributed by atoms with Crippen LogP contribution < -0.4 is 15.8 Å². The second-order valence-corrected chi connectivity index (χ2v) is 3.63. The van der Waals surface area contributed by atoms with Crippen LogP contribution in [0.25, 0.3) is 0 Å². The maximum Gasteiger partial charge on any atom is 0.168 e. The molecular formula is C8H9BrN2OS. The van der Waals surface area contributed by atoms with E-state index in [1.807, 2.05) is 18.2 Å². The van der Waals surface area contributed by atoms with Crippen molar-refractivity contribution in [2.24, 2.45) is 5.73 Å². The Morgan fingerprint density at radius 1 is 1.62 bits per heavy atom. The molecule has 5 heteroatoms. The molecule has 1 rings (SSSR count). The first-order chi connectivity index (χ1) is 6.13. The summed E-state index contributed by atoms with van der Waals surface area (Å²) in [5, 5.41) is 3.07. The Kier molecular flexibility index (Phi) is 3.50. The second-order valence-electron chi connectivity index (χ2n) is 2.34. The minimum Gasteiger partial charge on any atom is -0.496 e. The summed E-state index contributed by atoms with van der Waals surface area (Å²) in [5.41, 5.74) is 6.15. The molecule has 0 saturated carbocycles. The van der Waals surface area contributed by atoms with Crippen molar-refractivity contribution >= 4 is 38.9 Å². The van der Waals surface area contributed by atoms with E-state index >= 15 is 0 Å². The summed E-state index contributed by atoms with van der Waals surface area (Å²) in [6, 6.07) is 5.51. The van der Waals surface area contributed by atoms with Crippen molar-refractivity contribution < 1.29 is 4.74 Å². The van der Waals surface area contributed by atoms with E-state index in [1.165, 1.54) is 0 Å². The number of nitrogens with two attached hydrogens (primary N) is 1. The lowest BCUT2D eigenvalue weighted by Gasteiger charge is -2.06. The molecule has 0 saturated heterocycles. The standard InChI is InChI=1S/C8H9BrN2OS/c1-12-7-3-2-5(4-6(7)9)11-8(10)13/h2-4H,1H3,(H3,10,11,13). The van der Waals surface area contributed by atoms with Crippen molar-refractivity contribution in [1.82, 2.24) is 0 Å². The van der Waals surface area contributed by atoms with Gasteiger partial charge in [-0.1, -0.05) is 0 Å². The van der Waals surface area contributed by atoms with E-state index < -0.39 is 0 Å². The molecule has 0 bridgehead atoms. The van der Waals surface area contributed by atoms with Crippen LogP contribution in [0.3, 0.4) is 0 Å². The number of hydrogen-bond donors (Lipinski definition) is 2. The van der Waals surface area contributed by atoms with Gasteiger partial charge in [0.05, 0.1) is 11.6 Å². The van der Waals surface area contributed by atoms with E-state index in [9.17, 15) is 0 Å². The molecule has 0 aromatic heterocycles. The molecule has 1 aromatic carbocycles. The smallest absolute Gasteiger partial charge is 0.168 e. The maximum absolute atomic E-state index is 5.32. The predicted octanol–water partition coefficient (Wildman–Crippen LogP) is 2.11. The molecule has 0 spiro atoms. The predicted molar refractivity (Wildman–Crippen MR) is 61.1 cm³/mol. The Balaban J connectivity index is 2.89. The van der Waals surface area contributed by atoms with Gasteiger partial charge in [0.2, 0.25) is 0 Å². The fourth-order valence-corrected chi connectivity index (χ4v) is 1.54. The van der Waals surface area contributed by atoms with Crippen LogP contribution in [0.4, 0.5) is 5.69 Å². The Morgan fingerprint density at radius 3 is 2.77 bits per heavy atom. The van der Waals surface area contributed by atoms with Crippen LogP contribution in [0.5, 0.6) is 5.75 Å². The van der Waals surface area contributed by atoms with E-state index in [0.29, 0.717) is 0 Å². The van der Waals surface area contributed by atoms with Crippen molar-refractivity contribution in [3.8, 4) is 5.75 Å². The van der Waals surface area contributed by atoms with Gasteiger partial charge in [0.25, 0.3) is 0 Å². The lowest BCUT2D eigenvalue weighted by molar-refractivity contribution is 0.412. The van der Waals surface area contributed by atoms with Gasteiger partial charge in [0, 0.05) is 5.69 Å². The first-order valence-electron chi connectivity index (χ1n) is 3.53. The summed E-state index contributed by atoms with van der Waals surface area (Å²) in [5.74, 6) is 0.772. The summed E-state index contributed by atoms with van der Waals surface area (Å²) < 4.78 is 5.92. The third kappa shape index (κ3) is 2.86. The Labute approximate surface area is 90.4 Å². The van der Waals surface area contributed by atoms with Crippen molar-refractivity contribution in [1.29, 1.82) is 0 Å². The highest BCUT2D eigenvalue weighted by Crippen LogP contribution is 2.27. The van der Waals surface area contributed by atoms with Gasteiger partial charge in [-0.3, -0.25) is 0 Å². The summed E-state index contributed by atoms with van der Waals surface area (Å²) in [4.78, 5) is 0. The Hall–Kier alpha value is -0.810. The molecule has 70 valence electrons. The van der Waals surface area contributed by atoms with Crippen LogP contribution in [0.1, 0.15) is 0 Å². The van der Waals surface area contributed by atoms with Crippen molar-refractivity contribution in [3.63, 3.8) is 0 Å². The van der Waals surface area contributed by atoms with Gasteiger partial charge in [-0.2, -0.15) is 0 Å². The van der Waals surface area contributed by atoms with Crippen LogP contribution >= 0.6 is 28.1 Å². The molecule has 0 unspecified atom stereocenters. The van der Waals surface area contributed by atoms with Crippen LogP contribution in [0.15, 0.2) is 22.7 Å². The highest BCUT2D eigenvalue weighted by Gasteiger charge is 2.00. The molecule has 13 heavy (non-hydrogen) atoms. The minimum absolute atomic E-state index is 0.247. The van der Waals surface area contributed by atoms with E-state index in [4.69, 9.17) is 22.7 Å². The quantitative estimate of drug-likeness (QED) is 0.800. The average Bonchev–Trinajstić information content (AvgIpc) is 2.03. The SMILES string of the molecule is COc1ccc(NC(N)=S)cc1Br. The first-order valence-corrected chi connectivity index (χ1v) is 4.73. The van der Waals surface area contributed by atoms with E-state index in [0.717, 1.165) is 15.9 Å². The molecule has 3 nitrogen and oxygen atoms in total. The lowest BCUT2D eigenvalue weighted by atomic mass is 10.3. The number of ether oxygens (including phenoxy) is 1. The Morgan fingerprint density at radius 2 is 2.31 bits per heavy atom. The number of thiocarbonyl (C=S) groups is 1. The van der Waals surface area contributed by atoms with E-state index in [2.05, 4.69) is 21.2 Å². The zero-order valence-electron chi connectivity index (χ0n) is 7.00. The highest BCUT2D eigenvalue weighted by atomic mass is 79.9. The van der Waals surface area contributed by atoms with Gasteiger partial charge in [0.15, 0.2) is 5.11 Å². The molecule has 0 heterocycles. The molecule has 3 N–H and O–H groups in total. The van der Waals surface area contributed by atoms with Crippen molar-refractivity contribution in [3.05, 3.63) is 22.7 Å². The van der Waals surface area contributed by atoms with Gasteiger partial charge >= 0.3 is 0 Å². The van der Waals surface area contributed by atoms with Crippen LogP contribution in [-0.4, -0.2) is 12.2 Å². The molecule has 0 radical (unpaired) electrons. The van der Waals surface area contributed by atoms with Crippen molar-refractivity contribution in [2.75, 3.05) is 12.4 Å². The van der Waals surface area contributed by atoms with Gasteiger partial charge in [-0.15, -0.1) is 0 Å². The number of benzene rings is 1. The number of halogens is 1. The average molecular weight is 261 g/mol. The van der Waals surface area contributed by atoms with Crippen LogP contribution in [-0.2, 0) is 0 Å². The maximum atomic E-state index is 5.32. The molecule has 0 aliphatic carbocycles. The number of nitrogens with one attached hydrogen (secondary N) is 1. The van der Waals surface area contributed by atoms with Gasteiger partial charge in [0.1, 0.15) is 5.75 Å². The number of rotatable bonds is 2.